The van der Waals surface area contributed by atoms with Crippen LogP contribution in [0.25, 0.3) is 10.8 Å². The van der Waals surface area contributed by atoms with Crippen molar-refractivity contribution in [2.24, 2.45) is 0 Å². The molecule has 0 radical (unpaired) electrons. The molecule has 1 saturated heterocycles. The van der Waals surface area contributed by atoms with Gasteiger partial charge in [0.25, 0.3) is 0 Å². The van der Waals surface area contributed by atoms with Crippen molar-refractivity contribution in [1.29, 1.82) is 0 Å². The van der Waals surface area contributed by atoms with Gasteiger partial charge in [-0.3, -0.25) is 0 Å². The zero-order valence-electron chi connectivity index (χ0n) is 12.2. The Morgan fingerprint density at radius 1 is 1.23 bits per heavy atom. The number of hydrogen-bond acceptors (Lipinski definition) is 3. The first kappa shape index (κ1) is 15.2. The van der Waals surface area contributed by atoms with Gasteiger partial charge in [-0.2, -0.15) is 8.78 Å². The maximum Gasteiger partial charge on any atom is 0.345 e. The van der Waals surface area contributed by atoms with E-state index in [4.69, 9.17) is 0 Å². The van der Waals surface area contributed by atoms with Gasteiger partial charge < -0.3 is 14.7 Å². The Morgan fingerprint density at radius 3 is 2.77 bits per heavy atom. The van der Waals surface area contributed by atoms with Crippen LogP contribution in [0.4, 0.5) is 8.78 Å². The monoisotopic (exact) mass is 307 g/mol. The fraction of sp³-hybridized carbons (Fsp3) is 0.412. The molecule has 0 saturated carbocycles. The van der Waals surface area contributed by atoms with E-state index in [1.54, 1.807) is 6.07 Å². The number of fused-ring (bicyclic) bond motifs is 1. The maximum absolute atomic E-state index is 12.2. The van der Waals surface area contributed by atoms with E-state index in [0.717, 1.165) is 35.8 Å². The number of nitrogens with zero attached hydrogens (tertiary/aromatic N) is 1. The Hall–Kier alpha value is -1.72. The van der Waals surface area contributed by atoms with E-state index in [2.05, 4.69) is 9.64 Å². The van der Waals surface area contributed by atoms with Crippen LogP contribution < -0.4 is 0 Å². The van der Waals surface area contributed by atoms with Gasteiger partial charge in [0.2, 0.25) is 0 Å². The lowest BCUT2D eigenvalue weighted by Gasteiger charge is -2.17. The van der Waals surface area contributed by atoms with Crippen molar-refractivity contribution >= 4 is 10.8 Å². The van der Waals surface area contributed by atoms with Crippen LogP contribution in [-0.2, 0) is 11.2 Å². The molecule has 0 bridgehead atoms. The summed E-state index contributed by atoms with van der Waals surface area (Å²) in [4.78, 5) is 2.13. The Morgan fingerprint density at radius 2 is 2.00 bits per heavy atom. The van der Waals surface area contributed by atoms with Crippen LogP contribution in [0.3, 0.4) is 0 Å². The quantitative estimate of drug-likeness (QED) is 0.919. The van der Waals surface area contributed by atoms with Gasteiger partial charge in [0.1, 0.15) is 5.75 Å². The lowest BCUT2D eigenvalue weighted by Crippen LogP contribution is -2.26. The minimum Gasteiger partial charge on any atom is -0.507 e. The number of rotatable bonds is 5. The summed E-state index contributed by atoms with van der Waals surface area (Å²) in [5, 5.41) is 12.0. The first-order chi connectivity index (χ1) is 10.6. The molecule has 1 aliphatic heterocycles. The zero-order chi connectivity index (χ0) is 15.5. The van der Waals surface area contributed by atoms with E-state index in [9.17, 15) is 13.9 Å². The molecule has 5 heteroatoms. The number of ether oxygens (including phenoxy) is 1. The van der Waals surface area contributed by atoms with E-state index < -0.39 is 6.61 Å². The van der Waals surface area contributed by atoms with E-state index in [-0.39, 0.29) is 11.9 Å². The highest BCUT2D eigenvalue weighted by Crippen LogP contribution is 2.28. The molecule has 118 valence electrons. The molecule has 2 aromatic rings. The summed E-state index contributed by atoms with van der Waals surface area (Å²) in [6, 6.07) is 11.4. The highest BCUT2D eigenvalue weighted by Gasteiger charge is 2.25. The molecule has 1 fully saturated rings. The van der Waals surface area contributed by atoms with Gasteiger partial charge in [-0.25, -0.2) is 0 Å². The SMILES string of the molecule is Oc1cccc2cccc(CCN3CC[C@H](OC(F)F)C3)c12. The first-order valence-electron chi connectivity index (χ1n) is 7.49. The highest BCUT2D eigenvalue weighted by molar-refractivity contribution is 5.91. The standard InChI is InChI=1S/C17H19F2NO2/c18-17(19)22-14-8-10-20(11-14)9-7-13-4-1-3-12-5-2-6-15(21)16(12)13/h1-6,14,17,21H,7-11H2/t14-/m0/s1. The van der Waals surface area contributed by atoms with Gasteiger partial charge in [0.05, 0.1) is 6.10 Å². The molecule has 1 atom stereocenters. The fourth-order valence-electron chi connectivity index (χ4n) is 3.14. The van der Waals surface area contributed by atoms with E-state index in [0.29, 0.717) is 13.0 Å². The topological polar surface area (TPSA) is 32.7 Å². The van der Waals surface area contributed by atoms with Gasteiger partial charge >= 0.3 is 6.61 Å². The van der Waals surface area contributed by atoms with E-state index >= 15 is 0 Å². The van der Waals surface area contributed by atoms with Gasteiger partial charge in [0, 0.05) is 25.0 Å². The van der Waals surface area contributed by atoms with E-state index in [1.165, 1.54) is 0 Å². The summed E-state index contributed by atoms with van der Waals surface area (Å²) in [6.45, 7) is -0.605. The molecule has 3 nitrogen and oxygen atoms in total. The molecule has 22 heavy (non-hydrogen) atoms. The third-order valence-electron chi connectivity index (χ3n) is 4.19. The van der Waals surface area contributed by atoms with Crippen LogP contribution >= 0.6 is 0 Å². The van der Waals surface area contributed by atoms with Crippen LogP contribution in [0, 0.1) is 0 Å². The Labute approximate surface area is 128 Å². The van der Waals surface area contributed by atoms with Crippen LogP contribution in [0.15, 0.2) is 36.4 Å². The third kappa shape index (κ3) is 3.36. The second-order valence-corrected chi connectivity index (χ2v) is 5.65. The number of likely N-dealkylation sites (tertiary alicyclic amines) is 1. The Kier molecular flexibility index (Phi) is 4.55. The Bertz CT molecular complexity index is 642. The van der Waals surface area contributed by atoms with Crippen LogP contribution in [0.2, 0.25) is 0 Å². The summed E-state index contributed by atoms with van der Waals surface area (Å²) in [5.74, 6) is 0.286. The molecular weight excluding hydrogens is 288 g/mol. The summed E-state index contributed by atoms with van der Waals surface area (Å²) in [7, 11) is 0. The smallest absolute Gasteiger partial charge is 0.345 e. The zero-order valence-corrected chi connectivity index (χ0v) is 12.2. The van der Waals surface area contributed by atoms with Gasteiger partial charge in [-0.1, -0.05) is 30.3 Å². The molecule has 2 aromatic carbocycles. The van der Waals surface area contributed by atoms with Crippen molar-refractivity contribution < 1.29 is 18.6 Å². The number of phenols is 1. The van der Waals surface area contributed by atoms with Crippen LogP contribution in [0.5, 0.6) is 5.75 Å². The highest BCUT2D eigenvalue weighted by atomic mass is 19.3. The normalized spacial score (nSPS) is 19.3. The molecule has 0 amide bonds. The minimum atomic E-state index is -2.69. The van der Waals surface area contributed by atoms with Crippen molar-refractivity contribution in [3.63, 3.8) is 0 Å². The summed E-state index contributed by atoms with van der Waals surface area (Å²) < 4.78 is 29.0. The molecule has 1 aliphatic rings. The average molecular weight is 307 g/mol. The van der Waals surface area contributed by atoms with E-state index in [1.807, 2.05) is 30.3 Å². The fourth-order valence-corrected chi connectivity index (χ4v) is 3.14. The summed E-state index contributed by atoms with van der Waals surface area (Å²) in [5.41, 5.74) is 1.08. The predicted octanol–water partition coefficient (Wildman–Crippen LogP) is 3.40. The lowest BCUT2D eigenvalue weighted by atomic mass is 10.0. The lowest BCUT2D eigenvalue weighted by molar-refractivity contribution is -0.158. The molecule has 1 heterocycles. The number of hydrogen-bond donors (Lipinski definition) is 1. The number of benzene rings is 2. The van der Waals surface area contributed by atoms with Gasteiger partial charge in [-0.05, 0) is 29.9 Å². The van der Waals surface area contributed by atoms with Crippen molar-refractivity contribution in [2.75, 3.05) is 19.6 Å². The van der Waals surface area contributed by atoms with Crippen molar-refractivity contribution in [1.82, 2.24) is 4.90 Å². The molecule has 3 rings (SSSR count). The third-order valence-corrected chi connectivity index (χ3v) is 4.19. The Balaban J connectivity index is 1.65. The van der Waals surface area contributed by atoms with Crippen LogP contribution in [-0.4, -0.2) is 42.4 Å². The number of phenolic OH excluding ortho intramolecular Hbond substituents is 1. The van der Waals surface area contributed by atoms with Crippen molar-refractivity contribution in [3.8, 4) is 5.75 Å². The van der Waals surface area contributed by atoms with Crippen molar-refractivity contribution in [3.05, 3.63) is 42.0 Å². The second kappa shape index (κ2) is 6.58. The number of halogens is 2. The van der Waals surface area contributed by atoms with Crippen molar-refractivity contribution in [2.45, 2.75) is 25.6 Å². The van der Waals surface area contributed by atoms with Crippen LogP contribution in [0.1, 0.15) is 12.0 Å². The minimum absolute atomic E-state index is 0.286. The second-order valence-electron chi connectivity index (χ2n) is 5.65. The largest absolute Gasteiger partial charge is 0.507 e. The summed E-state index contributed by atoms with van der Waals surface area (Å²) in [6.07, 6.45) is 1.04. The maximum atomic E-state index is 12.2. The number of alkyl halides is 2. The molecule has 0 aliphatic carbocycles. The first-order valence-corrected chi connectivity index (χ1v) is 7.49. The molecular formula is C17H19F2NO2. The predicted molar refractivity (Wildman–Crippen MR) is 81.3 cm³/mol. The average Bonchev–Trinajstić information content (AvgIpc) is 2.92. The molecule has 1 N–H and O–H groups in total. The summed E-state index contributed by atoms with van der Waals surface area (Å²) >= 11 is 0. The molecule has 0 unspecified atom stereocenters. The van der Waals surface area contributed by atoms with Gasteiger partial charge in [-0.15, -0.1) is 0 Å². The molecule has 0 aromatic heterocycles. The molecule has 0 spiro atoms. The van der Waals surface area contributed by atoms with Gasteiger partial charge in [0.15, 0.2) is 0 Å². The number of aromatic hydroxyl groups is 1.